The van der Waals surface area contributed by atoms with Crippen LogP contribution in [-0.4, -0.2) is 65.4 Å². The minimum absolute atomic E-state index is 0.0105. The maximum atomic E-state index is 13.1. The molecule has 3 saturated carbocycles. The fourth-order valence-corrected chi connectivity index (χ4v) is 7.17. The smallest absolute Gasteiger partial charge is 0.230 e. The molecule has 12 heteroatoms. The second kappa shape index (κ2) is 9.52. The fourth-order valence-electron chi connectivity index (χ4n) is 7.17. The number of aryl methyl sites for hydroxylation is 1. The number of aromatic nitrogens is 6. The highest BCUT2D eigenvalue weighted by Gasteiger charge is 2.53. The first-order valence-corrected chi connectivity index (χ1v) is 15.6. The number of nitrogens with zero attached hydrogens (tertiary/aromatic N) is 8. The summed E-state index contributed by atoms with van der Waals surface area (Å²) in [5, 5.41) is 13.7. The predicted molar refractivity (Wildman–Crippen MR) is 160 cm³/mol. The number of pyridine rings is 1. The van der Waals surface area contributed by atoms with Gasteiger partial charge < -0.3 is 24.6 Å². The quantitative estimate of drug-likeness (QED) is 0.332. The number of piperidine rings is 1. The van der Waals surface area contributed by atoms with Crippen LogP contribution in [0.15, 0.2) is 43.1 Å². The van der Waals surface area contributed by atoms with Crippen molar-refractivity contribution in [3.63, 3.8) is 0 Å². The topological polar surface area (TPSA) is 142 Å². The van der Waals surface area contributed by atoms with Gasteiger partial charge in [0.25, 0.3) is 0 Å². The van der Waals surface area contributed by atoms with Gasteiger partial charge in [-0.05, 0) is 62.1 Å². The molecule has 2 amide bonds. The van der Waals surface area contributed by atoms with E-state index in [1.165, 1.54) is 24.7 Å². The minimum Gasteiger partial charge on any atom is -0.391 e. The molecule has 9 rings (SSSR count). The molecule has 44 heavy (non-hydrogen) atoms. The van der Waals surface area contributed by atoms with E-state index >= 15 is 0 Å². The molecule has 0 radical (unpaired) electrons. The maximum Gasteiger partial charge on any atom is 0.230 e. The van der Waals surface area contributed by atoms with E-state index in [1.54, 1.807) is 12.3 Å². The molecule has 6 heterocycles. The van der Waals surface area contributed by atoms with E-state index in [2.05, 4.69) is 41.9 Å². The molecule has 0 bridgehead atoms. The van der Waals surface area contributed by atoms with E-state index in [0.717, 1.165) is 35.7 Å². The monoisotopic (exact) mass is 591 g/mol. The predicted octanol–water partition coefficient (Wildman–Crippen LogP) is 3.14. The standard InChI is InChI=1S/C32H33N9O3/c1-16-4-5-33-29(36-16)22-9-23(22)31(43)38-27-10-28(35-15-34-27)40-13-20(42)8-25(40)24-14-39-11-18(17-2-3-17)7-26(30(39)37-24)41-12-19-6-21(19)32(41)44/h4-5,7,10-11,14-15,17,19-23,25,42H,2-3,6,8-9,12-13H2,1H3,(H,34,35,38,43)/t19?,20-,21?,22-,23-,25+/m0/s1. The molecule has 3 aliphatic carbocycles. The summed E-state index contributed by atoms with van der Waals surface area (Å²) in [6, 6.07) is 5.54. The molecule has 6 atom stereocenters. The second-order valence-electron chi connectivity index (χ2n) is 13.2. The number of rotatable bonds is 7. The Labute approximate surface area is 253 Å². The molecule has 5 aliphatic rings. The van der Waals surface area contributed by atoms with Crippen LogP contribution in [0.1, 0.15) is 72.8 Å². The van der Waals surface area contributed by atoms with Gasteiger partial charge in [-0.3, -0.25) is 9.59 Å². The summed E-state index contributed by atoms with van der Waals surface area (Å²) in [6.07, 6.45) is 11.3. The van der Waals surface area contributed by atoms with E-state index in [9.17, 15) is 14.7 Å². The van der Waals surface area contributed by atoms with Crippen LogP contribution >= 0.6 is 0 Å². The number of aliphatic hydroxyl groups excluding tert-OH is 1. The van der Waals surface area contributed by atoms with Gasteiger partial charge in [0, 0.05) is 67.6 Å². The first-order chi connectivity index (χ1) is 21.4. The lowest BCUT2D eigenvalue weighted by atomic mass is 10.1. The summed E-state index contributed by atoms with van der Waals surface area (Å²) in [5.74, 6) is 2.81. The summed E-state index contributed by atoms with van der Waals surface area (Å²) in [6.45, 7) is 3.06. The number of aliphatic hydroxyl groups is 1. The van der Waals surface area contributed by atoms with Crippen molar-refractivity contribution < 1.29 is 14.7 Å². The van der Waals surface area contributed by atoms with Crippen LogP contribution in [-0.2, 0) is 9.59 Å². The molecular weight excluding hydrogens is 558 g/mol. The van der Waals surface area contributed by atoms with Crippen LogP contribution in [0, 0.1) is 24.7 Å². The van der Waals surface area contributed by atoms with Crippen LogP contribution in [0.2, 0.25) is 0 Å². The molecule has 4 aromatic rings. The van der Waals surface area contributed by atoms with E-state index in [-0.39, 0.29) is 35.6 Å². The van der Waals surface area contributed by atoms with Crippen LogP contribution in [0.5, 0.6) is 0 Å². The van der Waals surface area contributed by atoms with Gasteiger partial charge in [-0.15, -0.1) is 0 Å². The molecule has 2 aliphatic heterocycles. The Hall–Kier alpha value is -4.45. The third kappa shape index (κ3) is 4.42. The molecule has 224 valence electrons. The van der Waals surface area contributed by atoms with Crippen molar-refractivity contribution in [3.8, 4) is 0 Å². The highest BCUT2D eigenvalue weighted by atomic mass is 16.3. The third-order valence-corrected chi connectivity index (χ3v) is 9.92. The van der Waals surface area contributed by atoms with Crippen molar-refractivity contribution in [2.45, 2.75) is 63.0 Å². The SMILES string of the molecule is Cc1ccnc([C@H]2C[C@@H]2C(=O)Nc2cc(N3C[C@@H](O)C[C@@H]3c3cn4cc(C5CC5)cc(N5CC6CC6C5=O)c4n3)ncn2)n1. The number of carbonyl (C=O) groups excluding carboxylic acids is 2. The molecular formula is C32H33N9O3. The Kier molecular flexibility index (Phi) is 5.63. The van der Waals surface area contributed by atoms with E-state index < -0.39 is 6.10 Å². The number of β-amino-alcohol motifs (C(OH)–C–C–N with tert-alkyl or cyclic N) is 1. The first-order valence-electron chi connectivity index (χ1n) is 15.6. The van der Waals surface area contributed by atoms with Crippen LogP contribution in [0.4, 0.5) is 17.3 Å². The lowest BCUT2D eigenvalue weighted by Crippen LogP contribution is -2.28. The average Bonchev–Trinajstić information content (AvgIpc) is 3.95. The molecule has 12 nitrogen and oxygen atoms in total. The van der Waals surface area contributed by atoms with Crippen LogP contribution in [0.3, 0.4) is 0 Å². The van der Waals surface area contributed by atoms with E-state index in [0.29, 0.717) is 48.7 Å². The lowest BCUT2D eigenvalue weighted by Gasteiger charge is -2.24. The Morgan fingerprint density at radius 2 is 1.91 bits per heavy atom. The molecule has 2 unspecified atom stereocenters. The van der Waals surface area contributed by atoms with Gasteiger partial charge in [-0.2, -0.15) is 0 Å². The zero-order chi connectivity index (χ0) is 29.7. The maximum absolute atomic E-state index is 13.1. The van der Waals surface area contributed by atoms with Gasteiger partial charge in [-0.25, -0.2) is 24.9 Å². The Morgan fingerprint density at radius 1 is 1.02 bits per heavy atom. The number of amides is 2. The number of anilines is 3. The summed E-state index contributed by atoms with van der Waals surface area (Å²) < 4.78 is 2.06. The number of hydrogen-bond donors (Lipinski definition) is 2. The molecule has 2 saturated heterocycles. The molecule has 0 aromatic carbocycles. The molecule has 5 fully saturated rings. The lowest BCUT2D eigenvalue weighted by molar-refractivity contribution is -0.119. The Bertz CT molecular complexity index is 1840. The Balaban J connectivity index is 0.985. The molecule has 0 spiro atoms. The zero-order valence-corrected chi connectivity index (χ0v) is 24.4. The van der Waals surface area contributed by atoms with Gasteiger partial charge in [0.2, 0.25) is 11.8 Å². The van der Waals surface area contributed by atoms with Crippen molar-refractivity contribution in [1.82, 2.24) is 29.3 Å². The minimum atomic E-state index is -0.562. The van der Waals surface area contributed by atoms with Crippen LogP contribution in [0.25, 0.3) is 5.65 Å². The van der Waals surface area contributed by atoms with Crippen molar-refractivity contribution in [2.75, 3.05) is 28.2 Å². The van der Waals surface area contributed by atoms with Gasteiger partial charge in [0.05, 0.1) is 23.5 Å². The number of imidazole rings is 1. The fraction of sp³-hybridized carbons (Fsp3) is 0.469. The average molecular weight is 592 g/mol. The summed E-state index contributed by atoms with van der Waals surface area (Å²) in [4.78, 5) is 52.8. The summed E-state index contributed by atoms with van der Waals surface area (Å²) >= 11 is 0. The summed E-state index contributed by atoms with van der Waals surface area (Å²) in [5.41, 5.74) is 4.61. The number of fused-ring (bicyclic) bond motifs is 2. The third-order valence-electron chi connectivity index (χ3n) is 9.92. The van der Waals surface area contributed by atoms with Gasteiger partial charge in [0.1, 0.15) is 23.8 Å². The normalized spacial score (nSPS) is 28.9. The van der Waals surface area contributed by atoms with Crippen molar-refractivity contribution in [2.24, 2.45) is 17.8 Å². The second-order valence-corrected chi connectivity index (χ2v) is 13.2. The highest BCUT2D eigenvalue weighted by Crippen LogP contribution is 2.50. The largest absolute Gasteiger partial charge is 0.391 e. The Morgan fingerprint density at radius 3 is 2.70 bits per heavy atom. The van der Waals surface area contributed by atoms with Gasteiger partial charge >= 0.3 is 0 Å². The van der Waals surface area contributed by atoms with Gasteiger partial charge in [-0.1, -0.05) is 0 Å². The van der Waals surface area contributed by atoms with Crippen molar-refractivity contribution >= 4 is 34.8 Å². The van der Waals surface area contributed by atoms with Crippen molar-refractivity contribution in [1.29, 1.82) is 0 Å². The molecule has 2 N–H and O–H groups in total. The van der Waals surface area contributed by atoms with E-state index in [1.807, 2.05) is 29.0 Å². The van der Waals surface area contributed by atoms with Gasteiger partial charge in [0.15, 0.2) is 5.65 Å². The number of carbonyl (C=O) groups is 2. The van der Waals surface area contributed by atoms with Crippen molar-refractivity contribution in [3.05, 3.63) is 65.9 Å². The first kappa shape index (κ1) is 26.0. The summed E-state index contributed by atoms with van der Waals surface area (Å²) in [7, 11) is 0. The van der Waals surface area contributed by atoms with E-state index in [4.69, 9.17) is 4.98 Å². The molecule has 4 aromatic heterocycles. The number of hydrogen-bond acceptors (Lipinski definition) is 9. The zero-order valence-electron chi connectivity index (χ0n) is 24.4. The number of nitrogens with one attached hydrogen (secondary N) is 1. The van der Waals surface area contributed by atoms with Crippen LogP contribution < -0.4 is 15.1 Å². The highest BCUT2D eigenvalue weighted by molar-refractivity contribution is 6.02.